The highest BCUT2D eigenvalue weighted by molar-refractivity contribution is 7.11. The summed E-state index contributed by atoms with van der Waals surface area (Å²) in [6, 6.07) is 4.26. The topological polar surface area (TPSA) is 9.23 Å². The first-order chi connectivity index (χ1) is 8.78. The SMILES string of the molecule is CCCC/C=C(\O[Si](C)(C)C(C)(C)C)c1cccs1. The van der Waals surface area contributed by atoms with Crippen LogP contribution < -0.4 is 0 Å². The van der Waals surface area contributed by atoms with Crippen LogP contribution in [0.5, 0.6) is 0 Å². The first-order valence-electron chi connectivity index (χ1n) is 7.21. The molecule has 19 heavy (non-hydrogen) atoms. The van der Waals surface area contributed by atoms with E-state index in [1.807, 2.05) is 0 Å². The summed E-state index contributed by atoms with van der Waals surface area (Å²) in [5.41, 5.74) is 0. The van der Waals surface area contributed by atoms with E-state index < -0.39 is 8.32 Å². The molecule has 0 fully saturated rings. The fourth-order valence-electron chi connectivity index (χ4n) is 1.48. The van der Waals surface area contributed by atoms with E-state index in [0.29, 0.717) is 0 Å². The lowest BCUT2D eigenvalue weighted by Crippen LogP contribution is -2.40. The number of hydrogen-bond donors (Lipinski definition) is 0. The molecule has 0 saturated carbocycles. The Kier molecular flexibility index (Phi) is 5.87. The molecular weight excluding hydrogens is 268 g/mol. The van der Waals surface area contributed by atoms with Gasteiger partial charge in [-0.25, -0.2) is 0 Å². The maximum absolute atomic E-state index is 6.50. The van der Waals surface area contributed by atoms with E-state index >= 15 is 0 Å². The smallest absolute Gasteiger partial charge is 0.250 e. The quantitative estimate of drug-likeness (QED) is 0.340. The third-order valence-electron chi connectivity index (χ3n) is 3.82. The van der Waals surface area contributed by atoms with Gasteiger partial charge in [-0.1, -0.05) is 40.2 Å². The van der Waals surface area contributed by atoms with Crippen LogP contribution in [-0.4, -0.2) is 8.32 Å². The average Bonchev–Trinajstić information content (AvgIpc) is 2.79. The molecule has 0 bridgehead atoms. The standard InChI is InChI=1S/C16H28OSSi/c1-7-8-9-11-14(15-12-10-13-18-15)17-19(5,6)16(2,3)4/h10-13H,7-9H2,1-6H3/b14-11-. The molecule has 1 aromatic rings. The Labute approximate surface area is 123 Å². The highest BCUT2D eigenvalue weighted by atomic mass is 32.1. The van der Waals surface area contributed by atoms with Crippen molar-refractivity contribution in [3.63, 3.8) is 0 Å². The van der Waals surface area contributed by atoms with E-state index in [4.69, 9.17) is 4.43 Å². The zero-order valence-corrected chi connectivity index (χ0v) is 15.1. The van der Waals surface area contributed by atoms with Gasteiger partial charge >= 0.3 is 0 Å². The molecule has 0 aliphatic heterocycles. The van der Waals surface area contributed by atoms with E-state index in [9.17, 15) is 0 Å². The highest BCUT2D eigenvalue weighted by Gasteiger charge is 2.39. The number of allylic oxidation sites excluding steroid dienone is 1. The van der Waals surface area contributed by atoms with E-state index in [1.54, 1.807) is 11.3 Å². The van der Waals surface area contributed by atoms with Gasteiger partial charge < -0.3 is 4.43 Å². The van der Waals surface area contributed by atoms with Crippen molar-refractivity contribution in [1.29, 1.82) is 0 Å². The lowest BCUT2D eigenvalue weighted by atomic mass is 10.2. The molecule has 0 amide bonds. The molecular formula is C16H28OSSi. The van der Waals surface area contributed by atoms with Crippen molar-refractivity contribution in [3.05, 3.63) is 28.5 Å². The molecule has 0 atom stereocenters. The van der Waals surface area contributed by atoms with Gasteiger partial charge in [0.1, 0.15) is 5.76 Å². The van der Waals surface area contributed by atoms with Crippen molar-refractivity contribution in [3.8, 4) is 0 Å². The lowest BCUT2D eigenvalue weighted by molar-refractivity contribution is 0.457. The summed E-state index contributed by atoms with van der Waals surface area (Å²) >= 11 is 1.77. The van der Waals surface area contributed by atoms with Gasteiger partial charge in [0.15, 0.2) is 0 Å². The molecule has 0 N–H and O–H groups in total. The highest BCUT2D eigenvalue weighted by Crippen LogP contribution is 2.40. The fraction of sp³-hybridized carbons (Fsp3) is 0.625. The third-order valence-corrected chi connectivity index (χ3v) is 9.05. The van der Waals surface area contributed by atoms with Crippen LogP contribution in [0.4, 0.5) is 0 Å². The van der Waals surface area contributed by atoms with Crippen LogP contribution in [0, 0.1) is 0 Å². The van der Waals surface area contributed by atoms with E-state index in [0.717, 1.165) is 12.2 Å². The Morgan fingerprint density at radius 2 is 2.05 bits per heavy atom. The van der Waals surface area contributed by atoms with Crippen LogP contribution >= 0.6 is 11.3 Å². The third kappa shape index (κ3) is 4.81. The molecule has 1 aromatic heterocycles. The normalized spacial score (nSPS) is 13.7. The minimum Gasteiger partial charge on any atom is -0.543 e. The van der Waals surface area contributed by atoms with Crippen molar-refractivity contribution in [2.24, 2.45) is 0 Å². The van der Waals surface area contributed by atoms with Gasteiger partial charge in [-0.15, -0.1) is 11.3 Å². The van der Waals surface area contributed by atoms with Crippen LogP contribution in [-0.2, 0) is 4.43 Å². The number of hydrogen-bond acceptors (Lipinski definition) is 2. The minimum atomic E-state index is -1.75. The Hall–Kier alpha value is -0.543. The fourth-order valence-corrected chi connectivity index (χ4v) is 3.30. The zero-order valence-electron chi connectivity index (χ0n) is 13.2. The largest absolute Gasteiger partial charge is 0.543 e. The first-order valence-corrected chi connectivity index (χ1v) is 11.0. The summed E-state index contributed by atoms with van der Waals surface area (Å²) in [5.74, 6) is 1.11. The molecule has 0 unspecified atom stereocenters. The second kappa shape index (κ2) is 6.75. The summed E-state index contributed by atoms with van der Waals surface area (Å²) in [7, 11) is -1.75. The van der Waals surface area contributed by atoms with E-state index in [2.05, 4.69) is 64.4 Å². The van der Waals surface area contributed by atoms with Crippen molar-refractivity contribution < 1.29 is 4.43 Å². The summed E-state index contributed by atoms with van der Waals surface area (Å²) in [6.45, 7) is 13.7. The number of thiophene rings is 1. The van der Waals surface area contributed by atoms with E-state index in [-0.39, 0.29) is 5.04 Å². The summed E-state index contributed by atoms with van der Waals surface area (Å²) in [4.78, 5) is 1.26. The molecule has 108 valence electrons. The van der Waals surface area contributed by atoms with E-state index in [1.165, 1.54) is 17.7 Å². The molecule has 3 heteroatoms. The van der Waals surface area contributed by atoms with Crippen LogP contribution in [0.2, 0.25) is 18.1 Å². The van der Waals surface area contributed by atoms with Gasteiger partial charge in [0.2, 0.25) is 0 Å². The second-order valence-electron chi connectivity index (χ2n) is 6.55. The molecule has 1 nitrogen and oxygen atoms in total. The summed E-state index contributed by atoms with van der Waals surface area (Å²) in [5, 5.41) is 2.37. The Balaban J connectivity index is 2.90. The first kappa shape index (κ1) is 16.5. The lowest BCUT2D eigenvalue weighted by Gasteiger charge is -2.37. The summed E-state index contributed by atoms with van der Waals surface area (Å²) in [6.07, 6.45) is 5.86. The number of unbranched alkanes of at least 4 members (excludes halogenated alkanes) is 2. The van der Waals surface area contributed by atoms with Gasteiger partial charge in [-0.3, -0.25) is 0 Å². The zero-order chi connectivity index (χ0) is 14.5. The predicted molar refractivity (Wildman–Crippen MR) is 90.1 cm³/mol. The molecule has 0 aliphatic carbocycles. The van der Waals surface area contributed by atoms with Crippen LogP contribution in [0.1, 0.15) is 51.8 Å². The monoisotopic (exact) mass is 296 g/mol. The average molecular weight is 297 g/mol. The molecule has 0 aliphatic rings. The second-order valence-corrected chi connectivity index (χ2v) is 12.2. The predicted octanol–water partition coefficient (Wildman–Crippen LogP) is 6.30. The van der Waals surface area contributed by atoms with Crippen LogP contribution in [0.15, 0.2) is 23.6 Å². The number of rotatable bonds is 6. The van der Waals surface area contributed by atoms with Crippen LogP contribution in [0.3, 0.4) is 0 Å². The summed E-state index contributed by atoms with van der Waals surface area (Å²) < 4.78 is 6.50. The van der Waals surface area contributed by atoms with Gasteiger partial charge in [0.25, 0.3) is 8.32 Å². The molecule has 1 rings (SSSR count). The van der Waals surface area contributed by atoms with Gasteiger partial charge in [-0.2, -0.15) is 0 Å². The molecule has 0 saturated heterocycles. The Morgan fingerprint density at radius 3 is 2.53 bits per heavy atom. The van der Waals surface area contributed by atoms with Gasteiger partial charge in [-0.05, 0) is 48.5 Å². The van der Waals surface area contributed by atoms with Gasteiger partial charge in [0, 0.05) is 0 Å². The van der Waals surface area contributed by atoms with Gasteiger partial charge in [0.05, 0.1) is 4.88 Å². The van der Waals surface area contributed by atoms with Crippen molar-refractivity contribution in [2.75, 3.05) is 0 Å². The van der Waals surface area contributed by atoms with Crippen molar-refractivity contribution >= 4 is 25.4 Å². The maximum atomic E-state index is 6.50. The molecule has 0 aromatic carbocycles. The maximum Gasteiger partial charge on any atom is 0.250 e. The molecule has 0 radical (unpaired) electrons. The van der Waals surface area contributed by atoms with Crippen LogP contribution in [0.25, 0.3) is 5.76 Å². The Bertz CT molecular complexity index is 399. The minimum absolute atomic E-state index is 0.244. The van der Waals surface area contributed by atoms with Crippen molar-refractivity contribution in [1.82, 2.24) is 0 Å². The molecule has 0 spiro atoms. The Morgan fingerprint density at radius 1 is 1.37 bits per heavy atom. The van der Waals surface area contributed by atoms with Crippen molar-refractivity contribution in [2.45, 2.75) is 65.1 Å². The molecule has 1 heterocycles.